The molecule has 0 aliphatic carbocycles. The number of hydrogen-bond acceptors (Lipinski definition) is 4. The molecule has 5 heteroatoms. The van der Waals surface area contributed by atoms with Gasteiger partial charge in [-0.25, -0.2) is 4.98 Å². The van der Waals surface area contributed by atoms with Gasteiger partial charge in [-0.1, -0.05) is 0 Å². The number of rotatable bonds is 2. The van der Waals surface area contributed by atoms with E-state index in [4.69, 9.17) is 4.74 Å². The fourth-order valence-electron chi connectivity index (χ4n) is 1.99. The van der Waals surface area contributed by atoms with Crippen LogP contribution >= 0.6 is 0 Å². The highest BCUT2D eigenvalue weighted by Crippen LogP contribution is 2.16. The van der Waals surface area contributed by atoms with Gasteiger partial charge < -0.3 is 9.64 Å². The Balaban J connectivity index is 1.97. The van der Waals surface area contributed by atoms with Crippen LogP contribution in [0.1, 0.15) is 25.6 Å². The number of piperidine rings is 1. The van der Waals surface area contributed by atoms with Crippen molar-refractivity contribution >= 4 is 5.91 Å². The number of ether oxygens (including phenoxy) is 1. The fraction of sp³-hybridized carbons (Fsp3) is 0.583. The number of carbonyl (C=O) groups excluding carboxylic acids is 1. The normalized spacial score (nSPS) is 20.1. The van der Waals surface area contributed by atoms with E-state index in [0.717, 1.165) is 19.4 Å². The average Bonchev–Trinajstić information content (AvgIpc) is 2.29. The Labute approximate surface area is 101 Å². The van der Waals surface area contributed by atoms with E-state index in [1.807, 2.05) is 11.8 Å². The minimum atomic E-state index is 0.0435. The lowest BCUT2D eigenvalue weighted by Gasteiger charge is -2.31. The van der Waals surface area contributed by atoms with Crippen molar-refractivity contribution < 1.29 is 9.53 Å². The Bertz CT molecular complexity index is 408. The molecule has 1 aliphatic rings. The highest BCUT2D eigenvalue weighted by atomic mass is 16.5. The van der Waals surface area contributed by atoms with Gasteiger partial charge in [-0.05, 0) is 19.8 Å². The maximum Gasteiger partial charge on any atom is 0.219 e. The lowest BCUT2D eigenvalue weighted by atomic mass is 10.1. The summed E-state index contributed by atoms with van der Waals surface area (Å²) >= 11 is 0. The molecule has 0 radical (unpaired) electrons. The third-order valence-electron chi connectivity index (χ3n) is 2.86. The van der Waals surface area contributed by atoms with Crippen LogP contribution in [-0.2, 0) is 4.79 Å². The van der Waals surface area contributed by atoms with Crippen LogP contribution in [0.4, 0.5) is 0 Å². The molecule has 1 aliphatic heterocycles. The quantitative estimate of drug-likeness (QED) is 0.772. The van der Waals surface area contributed by atoms with E-state index < -0.39 is 0 Å². The summed E-state index contributed by atoms with van der Waals surface area (Å²) in [5.74, 6) is 1.40. The zero-order valence-electron chi connectivity index (χ0n) is 10.2. The van der Waals surface area contributed by atoms with E-state index in [0.29, 0.717) is 18.2 Å². The highest BCUT2D eigenvalue weighted by Gasteiger charge is 2.23. The SMILES string of the molecule is CC(=O)N1CCCC(Oc2ccnc(C)n2)C1. The summed E-state index contributed by atoms with van der Waals surface area (Å²) in [5.41, 5.74) is 0. The molecule has 92 valence electrons. The van der Waals surface area contributed by atoms with Crippen molar-refractivity contribution in [2.45, 2.75) is 32.8 Å². The Morgan fingerprint density at radius 1 is 1.59 bits per heavy atom. The second-order valence-electron chi connectivity index (χ2n) is 4.29. The van der Waals surface area contributed by atoms with Crippen molar-refractivity contribution in [3.05, 3.63) is 18.1 Å². The topological polar surface area (TPSA) is 55.3 Å². The summed E-state index contributed by atoms with van der Waals surface area (Å²) in [5, 5.41) is 0. The monoisotopic (exact) mass is 235 g/mol. The van der Waals surface area contributed by atoms with E-state index in [-0.39, 0.29) is 12.0 Å². The second kappa shape index (κ2) is 5.12. The molecule has 0 aromatic carbocycles. The van der Waals surface area contributed by atoms with E-state index in [1.165, 1.54) is 0 Å². The summed E-state index contributed by atoms with van der Waals surface area (Å²) in [6, 6.07) is 1.75. The first-order chi connectivity index (χ1) is 8.15. The maximum absolute atomic E-state index is 11.3. The van der Waals surface area contributed by atoms with Crippen LogP contribution in [0.3, 0.4) is 0 Å². The van der Waals surface area contributed by atoms with Crippen LogP contribution in [-0.4, -0.2) is 40.0 Å². The second-order valence-corrected chi connectivity index (χ2v) is 4.29. The molecular formula is C12H17N3O2. The molecule has 0 bridgehead atoms. The molecule has 0 saturated carbocycles. The van der Waals surface area contributed by atoms with E-state index in [2.05, 4.69) is 9.97 Å². The molecule has 1 saturated heterocycles. The van der Waals surface area contributed by atoms with Crippen LogP contribution in [0.15, 0.2) is 12.3 Å². The van der Waals surface area contributed by atoms with Crippen molar-refractivity contribution in [1.82, 2.24) is 14.9 Å². The molecule has 2 heterocycles. The minimum Gasteiger partial charge on any atom is -0.472 e. The maximum atomic E-state index is 11.3. The number of aromatic nitrogens is 2. The van der Waals surface area contributed by atoms with Gasteiger partial charge >= 0.3 is 0 Å². The number of likely N-dealkylation sites (tertiary alicyclic amines) is 1. The number of aryl methyl sites for hydroxylation is 1. The van der Waals surface area contributed by atoms with Crippen LogP contribution in [0.5, 0.6) is 5.88 Å². The van der Waals surface area contributed by atoms with Crippen molar-refractivity contribution in [3.63, 3.8) is 0 Å². The van der Waals surface area contributed by atoms with E-state index in [9.17, 15) is 4.79 Å². The number of amides is 1. The molecule has 1 amide bonds. The first kappa shape index (κ1) is 11.8. The molecule has 17 heavy (non-hydrogen) atoms. The summed E-state index contributed by atoms with van der Waals surface area (Å²) < 4.78 is 5.77. The molecular weight excluding hydrogens is 218 g/mol. The molecule has 0 spiro atoms. The first-order valence-corrected chi connectivity index (χ1v) is 5.87. The molecule has 1 atom stereocenters. The van der Waals surface area contributed by atoms with Gasteiger partial charge in [0.05, 0.1) is 6.54 Å². The predicted octanol–water partition coefficient (Wildman–Crippen LogP) is 1.17. The largest absolute Gasteiger partial charge is 0.472 e. The minimum absolute atomic E-state index is 0.0435. The van der Waals surface area contributed by atoms with Gasteiger partial charge in [0.1, 0.15) is 11.9 Å². The lowest BCUT2D eigenvalue weighted by molar-refractivity contribution is -0.131. The van der Waals surface area contributed by atoms with Gasteiger partial charge in [0, 0.05) is 25.7 Å². The van der Waals surface area contributed by atoms with Crippen LogP contribution < -0.4 is 4.74 Å². The Morgan fingerprint density at radius 2 is 2.41 bits per heavy atom. The Morgan fingerprint density at radius 3 is 3.12 bits per heavy atom. The number of carbonyl (C=O) groups is 1. The van der Waals surface area contributed by atoms with Gasteiger partial charge in [0.2, 0.25) is 11.8 Å². The van der Waals surface area contributed by atoms with Crippen LogP contribution in [0.25, 0.3) is 0 Å². The van der Waals surface area contributed by atoms with Gasteiger partial charge in [0.15, 0.2) is 0 Å². The number of nitrogens with zero attached hydrogens (tertiary/aromatic N) is 3. The zero-order chi connectivity index (χ0) is 12.3. The summed E-state index contributed by atoms with van der Waals surface area (Å²) in [6.45, 7) is 4.91. The van der Waals surface area contributed by atoms with Crippen LogP contribution in [0.2, 0.25) is 0 Å². The predicted molar refractivity (Wildman–Crippen MR) is 62.7 cm³/mol. The zero-order valence-corrected chi connectivity index (χ0v) is 10.2. The van der Waals surface area contributed by atoms with Gasteiger partial charge in [0.25, 0.3) is 0 Å². The average molecular weight is 235 g/mol. The summed E-state index contributed by atoms with van der Waals surface area (Å²) in [6.07, 6.45) is 3.67. The Kier molecular flexibility index (Phi) is 3.56. The molecule has 1 aromatic heterocycles. The van der Waals surface area contributed by atoms with Crippen LogP contribution in [0, 0.1) is 6.92 Å². The standard InChI is InChI=1S/C12H17N3O2/c1-9-13-6-5-12(14-9)17-11-4-3-7-15(8-11)10(2)16/h5-6,11H,3-4,7-8H2,1-2H3. The molecule has 1 aromatic rings. The lowest BCUT2D eigenvalue weighted by Crippen LogP contribution is -2.43. The molecule has 5 nitrogen and oxygen atoms in total. The summed E-state index contributed by atoms with van der Waals surface area (Å²) in [4.78, 5) is 21.3. The smallest absolute Gasteiger partial charge is 0.219 e. The van der Waals surface area contributed by atoms with Crippen molar-refractivity contribution in [2.75, 3.05) is 13.1 Å². The first-order valence-electron chi connectivity index (χ1n) is 5.87. The van der Waals surface area contributed by atoms with E-state index >= 15 is 0 Å². The van der Waals surface area contributed by atoms with Crippen molar-refractivity contribution in [2.24, 2.45) is 0 Å². The van der Waals surface area contributed by atoms with Gasteiger partial charge in [-0.3, -0.25) is 4.79 Å². The van der Waals surface area contributed by atoms with Gasteiger partial charge in [-0.2, -0.15) is 4.98 Å². The van der Waals surface area contributed by atoms with Crippen molar-refractivity contribution in [1.29, 1.82) is 0 Å². The fourth-order valence-corrected chi connectivity index (χ4v) is 1.99. The molecule has 2 rings (SSSR count). The highest BCUT2D eigenvalue weighted by molar-refractivity contribution is 5.73. The third-order valence-corrected chi connectivity index (χ3v) is 2.86. The number of hydrogen-bond donors (Lipinski definition) is 0. The third kappa shape index (κ3) is 3.15. The molecule has 1 unspecified atom stereocenters. The Hall–Kier alpha value is -1.65. The van der Waals surface area contributed by atoms with Gasteiger partial charge in [-0.15, -0.1) is 0 Å². The molecule has 0 N–H and O–H groups in total. The summed E-state index contributed by atoms with van der Waals surface area (Å²) in [7, 11) is 0. The molecule has 1 fully saturated rings. The van der Waals surface area contributed by atoms with E-state index in [1.54, 1.807) is 19.2 Å². The van der Waals surface area contributed by atoms with Crippen molar-refractivity contribution in [3.8, 4) is 5.88 Å².